The summed E-state index contributed by atoms with van der Waals surface area (Å²) in [4.78, 5) is 45.5. The van der Waals surface area contributed by atoms with Crippen molar-refractivity contribution in [2.45, 2.75) is 38.6 Å². The number of hydrazine groups is 1. The van der Waals surface area contributed by atoms with Crippen molar-refractivity contribution in [2.75, 3.05) is 19.6 Å². The van der Waals surface area contributed by atoms with Gasteiger partial charge in [-0.2, -0.15) is 0 Å². The third-order valence-corrected chi connectivity index (χ3v) is 8.68. The number of hydrogen-bond acceptors (Lipinski definition) is 5. The first-order valence-electron chi connectivity index (χ1n) is 15.1. The SMILES string of the molecule is C=CCN1CC(=O)N2[C@@H](Cc3ccc(O)cc3)C(=O)N(Cc3cccc4c(C)cn(C)c34)C[C@@H]2N1C(=O)NCc1ccccc1. The summed E-state index contributed by atoms with van der Waals surface area (Å²) in [6.07, 6.45) is 3.24. The second-order valence-electron chi connectivity index (χ2n) is 11.7. The fourth-order valence-corrected chi connectivity index (χ4v) is 6.64. The normalized spacial score (nSPS) is 18.8. The van der Waals surface area contributed by atoms with Gasteiger partial charge in [-0.15, -0.1) is 6.58 Å². The highest BCUT2D eigenvalue weighted by atomic mass is 16.3. The van der Waals surface area contributed by atoms with Crippen LogP contribution in [0.2, 0.25) is 0 Å². The molecule has 45 heavy (non-hydrogen) atoms. The molecule has 3 heterocycles. The predicted molar refractivity (Wildman–Crippen MR) is 172 cm³/mol. The molecule has 0 radical (unpaired) electrons. The fraction of sp³-hybridized carbons (Fsp3) is 0.286. The molecule has 0 bridgehead atoms. The van der Waals surface area contributed by atoms with Gasteiger partial charge in [-0.3, -0.25) is 9.59 Å². The average molecular weight is 607 g/mol. The van der Waals surface area contributed by atoms with Gasteiger partial charge in [-0.1, -0.05) is 66.7 Å². The number of aryl methyl sites for hydroxylation is 2. The van der Waals surface area contributed by atoms with Gasteiger partial charge in [0, 0.05) is 44.7 Å². The lowest BCUT2D eigenvalue weighted by atomic mass is 9.98. The lowest BCUT2D eigenvalue weighted by Crippen LogP contribution is -2.76. The van der Waals surface area contributed by atoms with Gasteiger partial charge in [0.1, 0.15) is 18.0 Å². The summed E-state index contributed by atoms with van der Waals surface area (Å²) in [5, 5.41) is 17.3. The summed E-state index contributed by atoms with van der Waals surface area (Å²) in [7, 11) is 2.00. The largest absolute Gasteiger partial charge is 0.508 e. The maximum absolute atomic E-state index is 14.3. The van der Waals surface area contributed by atoms with E-state index in [1.54, 1.807) is 50.2 Å². The van der Waals surface area contributed by atoms with E-state index in [1.165, 1.54) is 0 Å². The Hall–Kier alpha value is -5.09. The van der Waals surface area contributed by atoms with Gasteiger partial charge in [-0.25, -0.2) is 14.8 Å². The van der Waals surface area contributed by atoms with Crippen LogP contribution in [0.4, 0.5) is 4.79 Å². The minimum atomic E-state index is -0.842. The smallest absolute Gasteiger partial charge is 0.334 e. The molecule has 1 aromatic heterocycles. The highest BCUT2D eigenvalue weighted by Gasteiger charge is 2.51. The Morgan fingerprint density at radius 1 is 1.02 bits per heavy atom. The number of rotatable bonds is 8. The molecule has 2 aliphatic heterocycles. The van der Waals surface area contributed by atoms with Crippen molar-refractivity contribution >= 4 is 28.7 Å². The number of carbonyl (C=O) groups is 3. The lowest BCUT2D eigenvalue weighted by Gasteiger charge is -2.55. The molecular weight excluding hydrogens is 568 g/mol. The molecule has 232 valence electrons. The highest BCUT2D eigenvalue weighted by Crippen LogP contribution is 2.31. The predicted octanol–water partition coefficient (Wildman–Crippen LogP) is 3.93. The first-order chi connectivity index (χ1) is 21.7. The van der Waals surface area contributed by atoms with Crippen LogP contribution in [0, 0.1) is 6.92 Å². The molecule has 2 N–H and O–H groups in total. The summed E-state index contributed by atoms with van der Waals surface area (Å²) in [6, 6.07) is 21.2. The maximum atomic E-state index is 14.3. The zero-order valence-electron chi connectivity index (χ0n) is 25.6. The number of para-hydroxylation sites is 1. The van der Waals surface area contributed by atoms with Gasteiger partial charge in [0.2, 0.25) is 11.8 Å². The molecule has 2 atom stereocenters. The molecule has 0 aliphatic carbocycles. The Bertz CT molecular complexity index is 1730. The van der Waals surface area contributed by atoms with Gasteiger partial charge < -0.3 is 24.8 Å². The number of aromatic nitrogens is 1. The van der Waals surface area contributed by atoms with Crippen LogP contribution in [0.1, 0.15) is 22.3 Å². The molecule has 4 aromatic rings. The van der Waals surface area contributed by atoms with Gasteiger partial charge >= 0.3 is 6.03 Å². The molecule has 6 rings (SSSR count). The van der Waals surface area contributed by atoms with Crippen molar-refractivity contribution in [3.05, 3.63) is 114 Å². The number of aromatic hydroxyl groups is 1. The van der Waals surface area contributed by atoms with E-state index in [4.69, 9.17) is 0 Å². The maximum Gasteiger partial charge on any atom is 0.334 e. The van der Waals surface area contributed by atoms with Crippen LogP contribution in [0.5, 0.6) is 5.75 Å². The van der Waals surface area contributed by atoms with Crippen LogP contribution in [0.15, 0.2) is 91.6 Å². The van der Waals surface area contributed by atoms with Crippen LogP contribution in [0.3, 0.4) is 0 Å². The molecule has 4 amide bonds. The summed E-state index contributed by atoms with van der Waals surface area (Å²) >= 11 is 0. The Labute approximate surface area is 262 Å². The first-order valence-corrected chi connectivity index (χ1v) is 15.1. The Balaban J connectivity index is 1.38. The number of benzene rings is 3. The Kier molecular flexibility index (Phi) is 8.32. The molecule has 10 nitrogen and oxygen atoms in total. The van der Waals surface area contributed by atoms with Crippen LogP contribution < -0.4 is 5.32 Å². The van der Waals surface area contributed by atoms with E-state index < -0.39 is 12.2 Å². The number of hydrogen-bond donors (Lipinski definition) is 2. The molecule has 3 aromatic carbocycles. The van der Waals surface area contributed by atoms with Gasteiger partial charge in [-0.05, 0) is 41.3 Å². The standard InChI is InChI=1S/C35H38N6O4/c1-4-17-39-23-32(43)40-30(18-25-13-15-28(42)16-14-25)34(44)38(21-27-11-8-12-29-24(2)20-37(3)33(27)29)22-31(40)41(39)35(45)36-19-26-9-6-5-7-10-26/h4-16,20,30-31,42H,1,17-19,21-23H2,2-3H3,(H,36,45)/t30-,31-/m0/s1. The summed E-state index contributed by atoms with van der Waals surface area (Å²) < 4.78 is 2.08. The molecule has 2 aliphatic rings. The van der Waals surface area contributed by atoms with E-state index in [0.717, 1.165) is 33.2 Å². The molecule has 10 heteroatoms. The molecule has 0 spiro atoms. The third kappa shape index (κ3) is 5.88. The second kappa shape index (κ2) is 12.5. The average Bonchev–Trinajstić information content (AvgIpc) is 3.33. The van der Waals surface area contributed by atoms with E-state index >= 15 is 0 Å². The van der Waals surface area contributed by atoms with Crippen LogP contribution in [0.25, 0.3) is 10.9 Å². The van der Waals surface area contributed by atoms with E-state index in [2.05, 4.69) is 35.6 Å². The first kappa shape index (κ1) is 30.0. The summed E-state index contributed by atoms with van der Waals surface area (Å²) in [6.45, 7) is 6.92. The highest BCUT2D eigenvalue weighted by molar-refractivity contribution is 5.92. The number of piperazine rings is 1. The van der Waals surface area contributed by atoms with E-state index in [1.807, 2.05) is 49.5 Å². The Morgan fingerprint density at radius 3 is 2.51 bits per heavy atom. The van der Waals surface area contributed by atoms with Gasteiger partial charge in [0.15, 0.2) is 0 Å². The van der Waals surface area contributed by atoms with E-state index in [9.17, 15) is 19.5 Å². The van der Waals surface area contributed by atoms with Crippen molar-refractivity contribution < 1.29 is 19.5 Å². The van der Waals surface area contributed by atoms with Gasteiger partial charge in [0.05, 0.1) is 18.6 Å². The molecule has 0 saturated carbocycles. The number of urea groups is 1. The number of carbonyl (C=O) groups excluding carboxylic acids is 3. The number of amides is 4. The van der Waals surface area contributed by atoms with Crippen molar-refractivity contribution in [3.8, 4) is 5.75 Å². The lowest BCUT2D eigenvalue weighted by molar-refractivity contribution is -0.189. The molecule has 2 saturated heterocycles. The molecular formula is C35H38N6O4. The second-order valence-corrected chi connectivity index (χ2v) is 11.7. The summed E-state index contributed by atoms with van der Waals surface area (Å²) in [5.74, 6) is -0.294. The minimum absolute atomic E-state index is 0.0669. The zero-order valence-corrected chi connectivity index (χ0v) is 25.6. The molecule has 0 unspecified atom stereocenters. The van der Waals surface area contributed by atoms with E-state index in [0.29, 0.717) is 13.1 Å². The Morgan fingerprint density at radius 2 is 1.78 bits per heavy atom. The number of fused-ring (bicyclic) bond motifs is 2. The van der Waals surface area contributed by atoms with Crippen molar-refractivity contribution in [1.29, 1.82) is 0 Å². The number of phenols is 1. The van der Waals surface area contributed by atoms with Crippen molar-refractivity contribution in [3.63, 3.8) is 0 Å². The van der Waals surface area contributed by atoms with E-state index in [-0.39, 0.29) is 49.7 Å². The number of phenolic OH excluding ortho intramolecular Hbond substituents is 1. The monoisotopic (exact) mass is 606 g/mol. The van der Waals surface area contributed by atoms with Crippen molar-refractivity contribution in [1.82, 2.24) is 29.7 Å². The van der Waals surface area contributed by atoms with Crippen LogP contribution >= 0.6 is 0 Å². The minimum Gasteiger partial charge on any atom is -0.508 e. The zero-order chi connectivity index (χ0) is 31.7. The fourth-order valence-electron chi connectivity index (χ4n) is 6.64. The van der Waals surface area contributed by atoms with Crippen LogP contribution in [-0.2, 0) is 36.1 Å². The topological polar surface area (TPSA) is 101 Å². The third-order valence-electron chi connectivity index (χ3n) is 8.68. The quantitative estimate of drug-likeness (QED) is 0.296. The number of nitrogens with one attached hydrogen (secondary N) is 1. The summed E-state index contributed by atoms with van der Waals surface area (Å²) in [5.41, 5.74) is 4.93. The van der Waals surface area contributed by atoms with Crippen molar-refractivity contribution in [2.24, 2.45) is 7.05 Å². The van der Waals surface area contributed by atoms with Gasteiger partial charge in [0.25, 0.3) is 0 Å². The van der Waals surface area contributed by atoms with Crippen LogP contribution in [-0.4, -0.2) is 79.2 Å². The molecule has 2 fully saturated rings. The number of nitrogens with zero attached hydrogens (tertiary/aromatic N) is 5.